The second kappa shape index (κ2) is 7.92. The SMILES string of the molecule is O=C(Nc1cc(F)cc(F)c1)C1CCCN(S(=O)(=O)c2ccc(Cl)cc2)C1. The maximum Gasteiger partial charge on any atom is 0.243 e. The first-order valence-corrected chi connectivity index (χ1v) is 10.1. The van der Waals surface area contributed by atoms with Gasteiger partial charge >= 0.3 is 0 Å². The van der Waals surface area contributed by atoms with E-state index < -0.39 is 33.5 Å². The van der Waals surface area contributed by atoms with E-state index in [9.17, 15) is 22.0 Å². The third kappa shape index (κ3) is 4.63. The predicted octanol–water partition coefficient (Wildman–Crippen LogP) is 3.66. The zero-order valence-electron chi connectivity index (χ0n) is 14.2. The van der Waals surface area contributed by atoms with Crippen molar-refractivity contribution in [1.82, 2.24) is 4.31 Å². The van der Waals surface area contributed by atoms with Gasteiger partial charge in [0, 0.05) is 29.9 Å². The topological polar surface area (TPSA) is 66.5 Å². The molecule has 9 heteroatoms. The van der Waals surface area contributed by atoms with E-state index >= 15 is 0 Å². The van der Waals surface area contributed by atoms with Crippen molar-refractivity contribution in [2.75, 3.05) is 18.4 Å². The molecule has 1 unspecified atom stereocenters. The number of amides is 1. The Labute approximate surface area is 161 Å². The number of hydrogen-bond acceptors (Lipinski definition) is 3. The van der Waals surface area contributed by atoms with Gasteiger partial charge in [0.2, 0.25) is 15.9 Å². The number of sulfonamides is 1. The van der Waals surface area contributed by atoms with Gasteiger partial charge in [-0.2, -0.15) is 4.31 Å². The lowest BCUT2D eigenvalue weighted by Gasteiger charge is -2.31. The summed E-state index contributed by atoms with van der Waals surface area (Å²) >= 11 is 5.80. The number of nitrogens with one attached hydrogen (secondary N) is 1. The van der Waals surface area contributed by atoms with Gasteiger partial charge < -0.3 is 5.32 Å². The molecule has 1 atom stereocenters. The highest BCUT2D eigenvalue weighted by atomic mass is 35.5. The molecule has 3 rings (SSSR count). The highest BCUT2D eigenvalue weighted by Gasteiger charge is 2.33. The summed E-state index contributed by atoms with van der Waals surface area (Å²) < 4.78 is 53.3. The van der Waals surface area contributed by atoms with Crippen LogP contribution in [0.1, 0.15) is 12.8 Å². The number of hydrogen-bond donors (Lipinski definition) is 1. The number of rotatable bonds is 4. The van der Waals surface area contributed by atoms with Crippen molar-refractivity contribution >= 4 is 33.2 Å². The average Bonchev–Trinajstić information content (AvgIpc) is 2.61. The van der Waals surface area contributed by atoms with Crippen LogP contribution in [-0.2, 0) is 14.8 Å². The summed E-state index contributed by atoms with van der Waals surface area (Å²) in [4.78, 5) is 12.5. The van der Waals surface area contributed by atoms with E-state index in [0.717, 1.165) is 12.1 Å². The number of carbonyl (C=O) groups is 1. The lowest BCUT2D eigenvalue weighted by Crippen LogP contribution is -2.43. The van der Waals surface area contributed by atoms with E-state index in [4.69, 9.17) is 11.6 Å². The molecule has 1 heterocycles. The lowest BCUT2D eigenvalue weighted by atomic mass is 9.98. The van der Waals surface area contributed by atoms with E-state index in [1.165, 1.54) is 28.6 Å². The molecule has 0 spiro atoms. The van der Waals surface area contributed by atoms with E-state index in [1.54, 1.807) is 0 Å². The summed E-state index contributed by atoms with van der Waals surface area (Å²) in [6.45, 7) is 0.290. The molecule has 5 nitrogen and oxygen atoms in total. The van der Waals surface area contributed by atoms with Crippen LogP contribution in [0.4, 0.5) is 14.5 Å². The van der Waals surface area contributed by atoms with Crippen molar-refractivity contribution in [1.29, 1.82) is 0 Å². The lowest BCUT2D eigenvalue weighted by molar-refractivity contribution is -0.120. The Morgan fingerprint density at radius 1 is 1.11 bits per heavy atom. The summed E-state index contributed by atoms with van der Waals surface area (Å²) in [7, 11) is -3.76. The van der Waals surface area contributed by atoms with E-state index in [1.807, 2.05) is 0 Å². The third-order valence-electron chi connectivity index (χ3n) is 4.34. The fourth-order valence-corrected chi connectivity index (χ4v) is 4.65. The van der Waals surface area contributed by atoms with Crippen LogP contribution in [0.25, 0.3) is 0 Å². The molecule has 2 aromatic carbocycles. The second-order valence-electron chi connectivity index (χ2n) is 6.30. The molecule has 2 aromatic rings. The fraction of sp³-hybridized carbons (Fsp3) is 0.278. The van der Waals surface area contributed by atoms with Crippen molar-refractivity contribution in [3.63, 3.8) is 0 Å². The fourth-order valence-electron chi connectivity index (χ4n) is 3.00. The molecule has 1 amide bonds. The summed E-state index contributed by atoms with van der Waals surface area (Å²) in [5.74, 6) is -2.70. The second-order valence-corrected chi connectivity index (χ2v) is 8.68. The number of nitrogens with zero attached hydrogens (tertiary/aromatic N) is 1. The predicted molar refractivity (Wildman–Crippen MR) is 97.9 cm³/mol. The van der Waals surface area contributed by atoms with Gasteiger partial charge in [-0.15, -0.1) is 0 Å². The number of benzene rings is 2. The van der Waals surface area contributed by atoms with Crippen LogP contribution in [0.5, 0.6) is 0 Å². The highest BCUT2D eigenvalue weighted by molar-refractivity contribution is 7.89. The van der Waals surface area contributed by atoms with Crippen LogP contribution in [0.3, 0.4) is 0 Å². The van der Waals surface area contributed by atoms with Crippen LogP contribution in [0.15, 0.2) is 47.4 Å². The molecular weight excluding hydrogens is 398 g/mol. The highest BCUT2D eigenvalue weighted by Crippen LogP contribution is 2.26. The Balaban J connectivity index is 1.73. The van der Waals surface area contributed by atoms with Gasteiger partial charge in [0.1, 0.15) is 11.6 Å². The number of piperidine rings is 1. The third-order valence-corrected chi connectivity index (χ3v) is 6.47. The average molecular weight is 415 g/mol. The van der Waals surface area contributed by atoms with Crippen LogP contribution in [0.2, 0.25) is 5.02 Å². The molecule has 1 N–H and O–H groups in total. The Hall–Kier alpha value is -2.03. The van der Waals surface area contributed by atoms with Crippen LogP contribution >= 0.6 is 11.6 Å². The van der Waals surface area contributed by atoms with Crippen LogP contribution in [-0.4, -0.2) is 31.7 Å². The molecule has 0 saturated carbocycles. The number of anilines is 1. The van der Waals surface area contributed by atoms with Crippen LogP contribution < -0.4 is 5.32 Å². The molecule has 1 fully saturated rings. The first kappa shape index (κ1) is 19.7. The Bertz CT molecular complexity index is 931. The standard InChI is InChI=1S/C18H17ClF2N2O3S/c19-13-3-5-17(6-4-13)27(25,26)23-7-1-2-12(11-23)18(24)22-16-9-14(20)8-15(21)10-16/h3-6,8-10,12H,1-2,7,11H2,(H,22,24). The number of halogens is 3. The molecule has 144 valence electrons. The molecule has 27 heavy (non-hydrogen) atoms. The monoisotopic (exact) mass is 414 g/mol. The van der Waals surface area contributed by atoms with Crippen molar-refractivity contribution in [3.8, 4) is 0 Å². The Kier molecular flexibility index (Phi) is 5.78. The minimum absolute atomic E-state index is 0.00446. The minimum atomic E-state index is -3.76. The summed E-state index contributed by atoms with van der Waals surface area (Å²) in [5.41, 5.74) is -0.00446. The molecule has 0 aromatic heterocycles. The van der Waals surface area contributed by atoms with Gasteiger partial charge in [-0.3, -0.25) is 4.79 Å². The molecule has 1 aliphatic rings. The molecular formula is C18H17ClF2N2O3S. The van der Waals surface area contributed by atoms with Gasteiger partial charge in [0.05, 0.1) is 10.8 Å². The number of carbonyl (C=O) groups excluding carboxylic acids is 1. The smallest absolute Gasteiger partial charge is 0.243 e. The summed E-state index contributed by atoms with van der Waals surface area (Å²) in [6.07, 6.45) is 0.985. The quantitative estimate of drug-likeness (QED) is 0.830. The summed E-state index contributed by atoms with van der Waals surface area (Å²) in [6, 6.07) is 8.52. The molecule has 0 aliphatic carbocycles. The van der Waals surface area contributed by atoms with Crippen molar-refractivity contribution in [3.05, 3.63) is 59.1 Å². The van der Waals surface area contributed by atoms with Gasteiger partial charge in [0.15, 0.2) is 0 Å². The first-order chi connectivity index (χ1) is 12.8. The van der Waals surface area contributed by atoms with Crippen molar-refractivity contribution in [2.24, 2.45) is 5.92 Å². The van der Waals surface area contributed by atoms with Crippen molar-refractivity contribution < 1.29 is 22.0 Å². The zero-order valence-corrected chi connectivity index (χ0v) is 15.7. The maximum atomic E-state index is 13.3. The molecule has 1 aliphatic heterocycles. The van der Waals surface area contributed by atoms with Gasteiger partial charge in [-0.25, -0.2) is 17.2 Å². The van der Waals surface area contributed by atoms with Crippen molar-refractivity contribution in [2.45, 2.75) is 17.7 Å². The molecule has 0 bridgehead atoms. The molecule has 0 radical (unpaired) electrons. The molecule has 1 saturated heterocycles. The Morgan fingerprint density at radius 2 is 1.74 bits per heavy atom. The van der Waals surface area contributed by atoms with E-state index in [0.29, 0.717) is 30.5 Å². The van der Waals surface area contributed by atoms with E-state index in [-0.39, 0.29) is 17.1 Å². The summed E-state index contributed by atoms with van der Waals surface area (Å²) in [5, 5.41) is 2.88. The van der Waals surface area contributed by atoms with Gasteiger partial charge in [-0.05, 0) is 49.2 Å². The van der Waals surface area contributed by atoms with E-state index in [2.05, 4.69) is 5.32 Å². The zero-order chi connectivity index (χ0) is 19.6. The van der Waals surface area contributed by atoms with Crippen LogP contribution in [0, 0.1) is 17.6 Å². The Morgan fingerprint density at radius 3 is 2.37 bits per heavy atom. The first-order valence-electron chi connectivity index (χ1n) is 8.28. The normalized spacial score (nSPS) is 18.3. The minimum Gasteiger partial charge on any atom is -0.326 e. The van der Waals surface area contributed by atoms with Gasteiger partial charge in [0.25, 0.3) is 0 Å². The largest absolute Gasteiger partial charge is 0.326 e. The maximum absolute atomic E-state index is 13.3. The van der Waals surface area contributed by atoms with Gasteiger partial charge in [-0.1, -0.05) is 11.6 Å².